The molecule has 1 aromatic carbocycles. The van der Waals surface area contributed by atoms with Gasteiger partial charge in [-0.25, -0.2) is 9.37 Å². The molecule has 0 saturated carbocycles. The van der Waals surface area contributed by atoms with E-state index in [1.54, 1.807) is 0 Å². The molecule has 1 aromatic heterocycles. The van der Waals surface area contributed by atoms with Crippen LogP contribution in [0.25, 0.3) is 0 Å². The van der Waals surface area contributed by atoms with Crippen LogP contribution >= 0.6 is 23.2 Å². The van der Waals surface area contributed by atoms with Crippen LogP contribution in [0.5, 0.6) is 0 Å². The first kappa shape index (κ1) is 16.4. The highest BCUT2D eigenvalue weighted by atomic mass is 35.5. The molecule has 0 saturated heterocycles. The lowest BCUT2D eigenvalue weighted by molar-refractivity contribution is -0.385. The van der Waals surface area contributed by atoms with Gasteiger partial charge in [0, 0.05) is 6.07 Å². The summed E-state index contributed by atoms with van der Waals surface area (Å²) in [5.74, 6) is -0.324. The zero-order valence-electron chi connectivity index (χ0n) is 11.0. The summed E-state index contributed by atoms with van der Waals surface area (Å²) in [5, 5.41) is 22.7. The maximum Gasteiger partial charge on any atom is 0.308 e. The van der Waals surface area contributed by atoms with Crippen molar-refractivity contribution in [2.24, 2.45) is 0 Å². The predicted octanol–water partition coefficient (Wildman–Crippen LogP) is 3.58. The minimum absolute atomic E-state index is 0.0170. The van der Waals surface area contributed by atoms with Crippen molar-refractivity contribution in [3.63, 3.8) is 0 Å². The molecule has 2 N–H and O–H groups in total. The molecule has 0 unspecified atom stereocenters. The molecule has 2 aromatic rings. The summed E-state index contributed by atoms with van der Waals surface area (Å²) in [6.45, 7) is -0.321. The third kappa shape index (κ3) is 3.62. The van der Waals surface area contributed by atoms with Crippen molar-refractivity contribution in [1.29, 1.82) is 0 Å². The van der Waals surface area contributed by atoms with Gasteiger partial charge in [0.05, 0.1) is 22.6 Å². The minimum Gasteiger partial charge on any atom is -0.394 e. The van der Waals surface area contributed by atoms with Gasteiger partial charge in [0.1, 0.15) is 11.6 Å². The Labute approximate surface area is 134 Å². The number of hydrogen-bond acceptors (Lipinski definition) is 5. The lowest BCUT2D eigenvalue weighted by Crippen LogP contribution is -2.16. The molecule has 0 amide bonds. The first-order chi connectivity index (χ1) is 10.4. The summed E-state index contributed by atoms with van der Waals surface area (Å²) in [4.78, 5) is 13.9. The Balaban J connectivity index is 2.30. The van der Waals surface area contributed by atoms with Crippen LogP contribution in [0.4, 0.5) is 15.9 Å². The second-order valence-corrected chi connectivity index (χ2v) is 5.08. The molecule has 0 radical (unpaired) electrons. The summed E-state index contributed by atoms with van der Waals surface area (Å²) >= 11 is 11.7. The van der Waals surface area contributed by atoms with Crippen LogP contribution in [0, 0.1) is 15.9 Å². The number of hydrogen-bond donors (Lipinski definition) is 2. The molecule has 0 spiro atoms. The first-order valence-electron chi connectivity index (χ1n) is 6.05. The fraction of sp³-hybridized carbons (Fsp3) is 0.154. The second kappa shape index (κ2) is 6.87. The van der Waals surface area contributed by atoms with Crippen molar-refractivity contribution in [1.82, 2.24) is 4.98 Å². The summed E-state index contributed by atoms with van der Waals surface area (Å²) in [5.41, 5.74) is 0.177. The molecule has 9 heteroatoms. The fourth-order valence-electron chi connectivity index (χ4n) is 1.78. The normalized spacial score (nSPS) is 12.0. The molecule has 0 bridgehead atoms. The molecule has 1 atom stereocenters. The number of nitrogens with zero attached hydrogens (tertiary/aromatic N) is 2. The van der Waals surface area contributed by atoms with Gasteiger partial charge in [-0.05, 0) is 17.7 Å². The van der Waals surface area contributed by atoms with E-state index in [1.807, 2.05) is 0 Å². The van der Waals surface area contributed by atoms with Gasteiger partial charge in [-0.1, -0.05) is 35.3 Å². The fourth-order valence-corrected chi connectivity index (χ4v) is 2.19. The van der Waals surface area contributed by atoms with Crippen LogP contribution in [0.2, 0.25) is 10.2 Å². The summed E-state index contributed by atoms with van der Waals surface area (Å²) in [6.07, 6.45) is 0. The maximum absolute atomic E-state index is 12.9. The van der Waals surface area contributed by atoms with Crippen LogP contribution < -0.4 is 5.32 Å². The van der Waals surface area contributed by atoms with Crippen molar-refractivity contribution < 1.29 is 14.4 Å². The van der Waals surface area contributed by atoms with Crippen molar-refractivity contribution in [3.8, 4) is 0 Å². The molecule has 0 aliphatic rings. The van der Waals surface area contributed by atoms with E-state index in [9.17, 15) is 19.6 Å². The molecule has 0 aliphatic carbocycles. The highest BCUT2D eigenvalue weighted by molar-refractivity contribution is 6.35. The van der Waals surface area contributed by atoms with Gasteiger partial charge in [0.2, 0.25) is 5.15 Å². The van der Waals surface area contributed by atoms with E-state index < -0.39 is 22.5 Å². The first-order valence-corrected chi connectivity index (χ1v) is 6.81. The molecular weight excluding hydrogens is 336 g/mol. The topological polar surface area (TPSA) is 88.3 Å². The van der Waals surface area contributed by atoms with Gasteiger partial charge in [-0.15, -0.1) is 0 Å². The van der Waals surface area contributed by atoms with Crippen molar-refractivity contribution in [2.45, 2.75) is 6.04 Å². The van der Waals surface area contributed by atoms with Gasteiger partial charge in [-0.3, -0.25) is 10.1 Å². The third-order valence-electron chi connectivity index (χ3n) is 2.87. The zero-order chi connectivity index (χ0) is 16.3. The van der Waals surface area contributed by atoms with E-state index in [0.717, 1.165) is 6.07 Å². The van der Waals surface area contributed by atoms with E-state index >= 15 is 0 Å². The van der Waals surface area contributed by atoms with E-state index in [4.69, 9.17) is 23.2 Å². The number of aliphatic hydroxyl groups excluding tert-OH is 1. The number of halogens is 3. The van der Waals surface area contributed by atoms with Crippen LogP contribution in [0.3, 0.4) is 0 Å². The largest absolute Gasteiger partial charge is 0.394 e. The van der Waals surface area contributed by atoms with E-state index in [2.05, 4.69) is 10.3 Å². The van der Waals surface area contributed by atoms with Crippen LogP contribution in [0.1, 0.15) is 11.6 Å². The number of aliphatic hydroxyl groups is 1. The van der Waals surface area contributed by atoms with Gasteiger partial charge < -0.3 is 10.4 Å². The Morgan fingerprint density at radius 2 is 2.00 bits per heavy atom. The van der Waals surface area contributed by atoms with Crippen molar-refractivity contribution in [3.05, 3.63) is 62.0 Å². The average molecular weight is 346 g/mol. The van der Waals surface area contributed by atoms with Crippen LogP contribution in [-0.4, -0.2) is 21.6 Å². The number of benzene rings is 1. The summed E-state index contributed by atoms with van der Waals surface area (Å²) in [7, 11) is 0. The Kier molecular flexibility index (Phi) is 5.12. The number of aromatic nitrogens is 1. The smallest absolute Gasteiger partial charge is 0.308 e. The molecule has 1 heterocycles. The lowest BCUT2D eigenvalue weighted by Gasteiger charge is -2.18. The molecular formula is C13H10Cl2FN3O3. The Morgan fingerprint density at radius 3 is 2.55 bits per heavy atom. The maximum atomic E-state index is 12.9. The van der Waals surface area contributed by atoms with E-state index in [0.29, 0.717) is 5.56 Å². The summed E-state index contributed by atoms with van der Waals surface area (Å²) in [6, 6.07) is 5.92. The van der Waals surface area contributed by atoms with Gasteiger partial charge >= 0.3 is 5.69 Å². The number of rotatable bonds is 5. The molecule has 6 nitrogen and oxygen atoms in total. The quantitative estimate of drug-likeness (QED) is 0.491. The number of nitrogens with one attached hydrogen (secondary N) is 1. The lowest BCUT2D eigenvalue weighted by atomic mass is 10.1. The highest BCUT2D eigenvalue weighted by Gasteiger charge is 2.20. The summed E-state index contributed by atoms with van der Waals surface area (Å²) < 4.78 is 12.9. The Hall–Kier alpha value is -1.96. The third-order valence-corrected chi connectivity index (χ3v) is 3.44. The van der Waals surface area contributed by atoms with Gasteiger partial charge in [0.25, 0.3) is 0 Å². The highest BCUT2D eigenvalue weighted by Crippen LogP contribution is 2.32. The van der Waals surface area contributed by atoms with Gasteiger partial charge in [-0.2, -0.15) is 0 Å². The second-order valence-electron chi connectivity index (χ2n) is 4.32. The SMILES string of the molecule is O=[N+]([O-])c1cc(Cl)c(N[C@@H](CO)c2ccc(F)cc2)nc1Cl. The van der Waals surface area contributed by atoms with Crippen molar-refractivity contribution >= 4 is 34.7 Å². The van der Waals surface area contributed by atoms with Crippen LogP contribution in [-0.2, 0) is 0 Å². The van der Waals surface area contributed by atoms with Crippen molar-refractivity contribution in [2.75, 3.05) is 11.9 Å². The number of pyridine rings is 1. The minimum atomic E-state index is -0.700. The molecule has 0 fully saturated rings. The van der Waals surface area contributed by atoms with E-state index in [-0.39, 0.29) is 22.6 Å². The Morgan fingerprint density at radius 1 is 1.36 bits per heavy atom. The van der Waals surface area contributed by atoms with E-state index in [1.165, 1.54) is 24.3 Å². The molecule has 22 heavy (non-hydrogen) atoms. The molecule has 2 rings (SSSR count). The standard InChI is InChI=1S/C13H10Cl2FN3O3/c14-9-5-11(19(21)22)12(15)18-13(9)17-10(6-20)7-1-3-8(16)4-2-7/h1-5,10,20H,6H2,(H,17,18)/t10-/m0/s1. The average Bonchev–Trinajstić information content (AvgIpc) is 2.48. The van der Waals surface area contributed by atoms with Crippen LogP contribution in [0.15, 0.2) is 30.3 Å². The number of nitro groups is 1. The Bertz CT molecular complexity index is 698. The predicted molar refractivity (Wildman–Crippen MR) is 80.8 cm³/mol. The zero-order valence-corrected chi connectivity index (χ0v) is 12.5. The number of anilines is 1. The van der Waals surface area contributed by atoms with Gasteiger partial charge in [0.15, 0.2) is 0 Å². The molecule has 0 aliphatic heterocycles. The monoisotopic (exact) mass is 345 g/mol. The molecule has 116 valence electrons.